The van der Waals surface area contributed by atoms with Crippen molar-refractivity contribution >= 4 is 0 Å². The van der Waals surface area contributed by atoms with Crippen molar-refractivity contribution in [3.63, 3.8) is 0 Å². The van der Waals surface area contributed by atoms with Crippen LogP contribution in [0.4, 0.5) is 0 Å². The van der Waals surface area contributed by atoms with E-state index in [9.17, 15) is 10.2 Å². The lowest BCUT2D eigenvalue weighted by Crippen LogP contribution is -2.56. The summed E-state index contributed by atoms with van der Waals surface area (Å²) in [7, 11) is 0. The summed E-state index contributed by atoms with van der Waals surface area (Å²) in [6, 6.07) is 0. The van der Waals surface area contributed by atoms with Crippen LogP contribution in [-0.2, 0) is 9.47 Å². The Labute approximate surface area is 144 Å². The van der Waals surface area contributed by atoms with Crippen molar-refractivity contribution in [2.75, 3.05) is 13.2 Å². The number of aliphatic hydroxyl groups is 2. The van der Waals surface area contributed by atoms with Gasteiger partial charge in [-0.3, -0.25) is 0 Å². The van der Waals surface area contributed by atoms with Crippen molar-refractivity contribution in [1.29, 1.82) is 0 Å². The molecule has 0 bridgehead atoms. The normalized spacial score (nSPS) is 55.9. The van der Waals surface area contributed by atoms with Crippen molar-refractivity contribution in [2.24, 2.45) is 35.0 Å². The molecule has 2 N–H and O–H groups in total. The lowest BCUT2D eigenvalue weighted by atomic mass is 9.49. The highest BCUT2D eigenvalue weighted by Crippen LogP contribution is 2.67. The first kappa shape index (κ1) is 16.0. The van der Waals surface area contributed by atoms with Gasteiger partial charge in [0.2, 0.25) is 0 Å². The molecule has 4 aliphatic carbocycles. The maximum Gasteiger partial charge on any atom is 0.174 e. The van der Waals surface area contributed by atoms with E-state index in [2.05, 4.69) is 6.92 Å². The number of hydrogen-bond donors (Lipinski definition) is 2. The number of aliphatic hydroxyl groups excluding tert-OH is 2. The zero-order valence-corrected chi connectivity index (χ0v) is 14.8. The van der Waals surface area contributed by atoms with Crippen LogP contribution in [0.3, 0.4) is 0 Å². The minimum absolute atomic E-state index is 0.116. The highest BCUT2D eigenvalue weighted by atomic mass is 16.7. The zero-order valence-electron chi connectivity index (χ0n) is 14.8. The van der Waals surface area contributed by atoms with Crippen LogP contribution in [0.25, 0.3) is 0 Å². The second-order valence-corrected chi connectivity index (χ2v) is 9.48. The summed E-state index contributed by atoms with van der Waals surface area (Å²) in [4.78, 5) is 0. The van der Waals surface area contributed by atoms with Gasteiger partial charge in [0.25, 0.3) is 0 Å². The van der Waals surface area contributed by atoms with Gasteiger partial charge in [-0.15, -0.1) is 0 Å². The quantitative estimate of drug-likeness (QED) is 0.714. The van der Waals surface area contributed by atoms with Crippen LogP contribution in [0.2, 0.25) is 0 Å². The van der Waals surface area contributed by atoms with Crippen molar-refractivity contribution in [1.82, 2.24) is 0 Å². The van der Waals surface area contributed by atoms with E-state index in [1.165, 1.54) is 19.3 Å². The van der Waals surface area contributed by atoms with E-state index in [1.807, 2.05) is 0 Å². The number of fused-ring (bicyclic) bond motifs is 6. The third-order valence-corrected chi connectivity index (χ3v) is 8.78. The molecular formula is C20H32O4. The first-order valence-corrected chi connectivity index (χ1v) is 10.2. The summed E-state index contributed by atoms with van der Waals surface area (Å²) < 4.78 is 12.4. The topological polar surface area (TPSA) is 58.9 Å². The van der Waals surface area contributed by atoms with Gasteiger partial charge in [0.15, 0.2) is 5.79 Å². The maximum absolute atomic E-state index is 10.8. The minimum atomic E-state index is -0.340. The molecule has 1 saturated heterocycles. The third-order valence-electron chi connectivity index (χ3n) is 8.78. The van der Waals surface area contributed by atoms with Crippen molar-refractivity contribution in [3.05, 3.63) is 0 Å². The fraction of sp³-hybridized carbons (Fsp3) is 1.00. The van der Waals surface area contributed by atoms with Gasteiger partial charge in [-0.2, -0.15) is 0 Å². The summed E-state index contributed by atoms with van der Waals surface area (Å²) in [5.74, 6) is 2.58. The van der Waals surface area contributed by atoms with E-state index < -0.39 is 0 Å². The van der Waals surface area contributed by atoms with Gasteiger partial charge in [0.1, 0.15) is 0 Å². The van der Waals surface area contributed by atoms with Crippen molar-refractivity contribution in [2.45, 2.75) is 76.3 Å². The number of hydrogen-bond acceptors (Lipinski definition) is 4. The number of ether oxygens (including phenoxy) is 2. The Hall–Kier alpha value is -0.160. The largest absolute Gasteiger partial charge is 0.393 e. The smallest absolute Gasteiger partial charge is 0.174 e. The Morgan fingerprint density at radius 2 is 1.54 bits per heavy atom. The molecule has 1 aliphatic heterocycles. The van der Waals surface area contributed by atoms with E-state index >= 15 is 0 Å². The summed E-state index contributed by atoms with van der Waals surface area (Å²) in [6.07, 6.45) is 8.00. The molecule has 24 heavy (non-hydrogen) atoms. The maximum atomic E-state index is 10.8. The zero-order chi connectivity index (χ0) is 16.5. The Kier molecular flexibility index (Phi) is 3.62. The number of rotatable bonds is 0. The van der Waals surface area contributed by atoms with Gasteiger partial charge < -0.3 is 19.7 Å². The molecule has 1 heterocycles. The molecule has 0 aromatic carbocycles. The predicted molar refractivity (Wildman–Crippen MR) is 89.1 cm³/mol. The Balaban J connectivity index is 1.44. The molecule has 0 aromatic rings. The minimum Gasteiger partial charge on any atom is -0.393 e. The third kappa shape index (κ3) is 2.00. The summed E-state index contributed by atoms with van der Waals surface area (Å²) >= 11 is 0. The Morgan fingerprint density at radius 1 is 0.792 bits per heavy atom. The predicted octanol–water partition coefficient (Wildman–Crippen LogP) is 2.71. The van der Waals surface area contributed by atoms with Crippen LogP contribution in [0.1, 0.15) is 58.3 Å². The molecule has 4 nitrogen and oxygen atoms in total. The van der Waals surface area contributed by atoms with E-state index in [1.54, 1.807) is 0 Å². The van der Waals surface area contributed by atoms with Crippen LogP contribution in [-0.4, -0.2) is 41.4 Å². The molecule has 5 fully saturated rings. The molecular weight excluding hydrogens is 304 g/mol. The van der Waals surface area contributed by atoms with Gasteiger partial charge in [-0.1, -0.05) is 6.92 Å². The molecule has 1 spiro atoms. The molecule has 8 atom stereocenters. The highest BCUT2D eigenvalue weighted by Gasteiger charge is 2.66. The Bertz CT molecular complexity index is 502. The summed E-state index contributed by atoms with van der Waals surface area (Å²) in [5, 5.41) is 20.9. The second-order valence-electron chi connectivity index (χ2n) is 9.48. The van der Waals surface area contributed by atoms with Crippen LogP contribution >= 0.6 is 0 Å². The average molecular weight is 336 g/mol. The molecule has 5 rings (SSSR count). The SMILES string of the molecule is C[C@]12CC[C@@H]3[C@H]4CC[C@H](O)C[C@@H]4[C@@H](O)C[C@H]3[C@@H]1CCC21OCCO1. The standard InChI is InChI=1S/C20H32O4/c1-19-6-4-14-13-3-2-12(21)10-16(13)18(22)11-15(14)17(19)5-7-20(19)23-8-9-24-20/h12-18,21-22H,2-11H2,1H3/t12-,13+,14+,15+,16-,17-,18-,19-/m0/s1. The van der Waals surface area contributed by atoms with E-state index in [4.69, 9.17) is 9.47 Å². The fourth-order valence-corrected chi connectivity index (χ4v) is 7.71. The first-order chi connectivity index (χ1) is 11.5. The molecule has 0 amide bonds. The second kappa shape index (κ2) is 5.42. The van der Waals surface area contributed by atoms with Gasteiger partial charge in [-0.25, -0.2) is 0 Å². The highest BCUT2D eigenvalue weighted by molar-refractivity contribution is 5.11. The molecule has 4 saturated carbocycles. The van der Waals surface area contributed by atoms with E-state index in [-0.39, 0.29) is 23.4 Å². The van der Waals surface area contributed by atoms with Crippen LogP contribution in [0, 0.1) is 35.0 Å². The van der Waals surface area contributed by atoms with Crippen LogP contribution in [0.5, 0.6) is 0 Å². The lowest BCUT2D eigenvalue weighted by Gasteiger charge is -2.58. The van der Waals surface area contributed by atoms with Crippen LogP contribution < -0.4 is 0 Å². The van der Waals surface area contributed by atoms with Crippen molar-refractivity contribution < 1.29 is 19.7 Å². The van der Waals surface area contributed by atoms with Gasteiger partial charge in [-0.05, 0) is 74.5 Å². The monoisotopic (exact) mass is 336 g/mol. The van der Waals surface area contributed by atoms with Gasteiger partial charge in [0.05, 0.1) is 25.4 Å². The van der Waals surface area contributed by atoms with E-state index in [0.29, 0.717) is 23.7 Å². The summed E-state index contributed by atoms with van der Waals surface area (Å²) in [6.45, 7) is 3.87. The fourth-order valence-electron chi connectivity index (χ4n) is 7.71. The van der Waals surface area contributed by atoms with Crippen LogP contribution in [0.15, 0.2) is 0 Å². The van der Waals surface area contributed by atoms with Gasteiger partial charge >= 0.3 is 0 Å². The van der Waals surface area contributed by atoms with Crippen molar-refractivity contribution in [3.8, 4) is 0 Å². The molecule has 5 aliphatic rings. The molecule has 0 radical (unpaired) electrons. The molecule has 0 aromatic heterocycles. The average Bonchev–Trinajstić information content (AvgIpc) is 3.15. The van der Waals surface area contributed by atoms with Gasteiger partial charge in [0, 0.05) is 11.8 Å². The molecule has 0 unspecified atom stereocenters. The summed E-state index contributed by atoms with van der Waals surface area (Å²) in [5.41, 5.74) is 0.116. The first-order valence-electron chi connectivity index (χ1n) is 10.2. The van der Waals surface area contributed by atoms with E-state index in [0.717, 1.165) is 51.2 Å². The Morgan fingerprint density at radius 3 is 2.33 bits per heavy atom. The lowest BCUT2D eigenvalue weighted by molar-refractivity contribution is -0.246. The molecule has 4 heteroatoms. The molecule has 136 valence electrons.